The second-order valence-electron chi connectivity index (χ2n) is 1.75. The van der Waals surface area contributed by atoms with Gasteiger partial charge in [-0.2, -0.15) is 0 Å². The molecule has 0 bridgehead atoms. The Morgan fingerprint density at radius 3 is 2.45 bits per heavy atom. The third kappa shape index (κ3) is 1.78. The van der Waals surface area contributed by atoms with Gasteiger partial charge in [0.15, 0.2) is 11.6 Å². The van der Waals surface area contributed by atoms with E-state index in [1.54, 1.807) is 0 Å². The first-order chi connectivity index (χ1) is 5.16. The van der Waals surface area contributed by atoms with Gasteiger partial charge in [0, 0.05) is 4.90 Å². The molecule has 0 saturated carbocycles. The Bertz CT molecular complexity index is 278. The molecule has 5 heteroatoms. The van der Waals surface area contributed by atoms with Gasteiger partial charge in [-0.3, -0.25) is 0 Å². The molecule has 0 amide bonds. The molecule has 1 aromatic rings. The Balaban J connectivity index is 3.25. The van der Waals surface area contributed by atoms with Crippen molar-refractivity contribution in [1.82, 2.24) is 0 Å². The highest BCUT2D eigenvalue weighted by Crippen LogP contribution is 2.32. The van der Waals surface area contributed by atoms with E-state index in [1.165, 1.54) is 6.07 Å². The lowest BCUT2D eigenvalue weighted by molar-refractivity contribution is 0.506. The van der Waals surface area contributed by atoms with Crippen molar-refractivity contribution in [2.24, 2.45) is 0 Å². The van der Waals surface area contributed by atoms with Crippen LogP contribution in [-0.4, -0.2) is 0 Å². The van der Waals surface area contributed by atoms with Crippen molar-refractivity contribution >= 4 is 33.3 Å². The number of hydrogen-bond donors (Lipinski definition) is 0. The molecule has 0 N–H and O–H groups in total. The highest BCUT2D eigenvalue weighted by molar-refractivity contribution is 8.21. The minimum absolute atomic E-state index is 0.273. The fourth-order valence-electron chi connectivity index (χ4n) is 0.568. The first-order valence-electron chi connectivity index (χ1n) is 2.59. The van der Waals surface area contributed by atoms with Crippen molar-refractivity contribution in [3.8, 4) is 0 Å². The van der Waals surface area contributed by atoms with Crippen LogP contribution in [0.25, 0.3) is 0 Å². The molecule has 0 aliphatic carbocycles. The molecule has 1 rings (SSSR count). The molecule has 0 spiro atoms. The summed E-state index contributed by atoms with van der Waals surface area (Å²) in [6.07, 6.45) is 0. The number of rotatable bonds is 1. The van der Waals surface area contributed by atoms with Crippen LogP contribution in [0.1, 0.15) is 0 Å². The van der Waals surface area contributed by atoms with Crippen LogP contribution < -0.4 is 0 Å². The lowest BCUT2D eigenvalue weighted by atomic mass is 10.3. The lowest BCUT2D eigenvalue weighted by Crippen LogP contribution is -1.85. The second kappa shape index (κ2) is 3.61. The molecular weight excluding hydrogens is 213 g/mol. The summed E-state index contributed by atoms with van der Waals surface area (Å²) >= 11 is 5.38. The summed E-state index contributed by atoms with van der Waals surface area (Å²) in [6.45, 7) is 0. The highest BCUT2D eigenvalue weighted by atomic mass is 35.7. The van der Waals surface area contributed by atoms with Crippen LogP contribution in [0.4, 0.5) is 8.78 Å². The minimum Gasteiger partial charge on any atom is -0.204 e. The van der Waals surface area contributed by atoms with E-state index in [0.29, 0.717) is 4.90 Å². The Kier molecular flexibility index (Phi) is 2.98. The maximum Gasteiger partial charge on any atom is 0.178 e. The van der Waals surface area contributed by atoms with Gasteiger partial charge in [0.1, 0.15) is 0 Å². The van der Waals surface area contributed by atoms with Crippen LogP contribution in [0.3, 0.4) is 0 Å². The van der Waals surface area contributed by atoms with E-state index in [4.69, 9.17) is 22.3 Å². The van der Waals surface area contributed by atoms with Crippen LogP contribution in [0.15, 0.2) is 17.0 Å². The maximum absolute atomic E-state index is 12.6. The van der Waals surface area contributed by atoms with Crippen LogP contribution in [-0.2, 0) is 0 Å². The van der Waals surface area contributed by atoms with Crippen LogP contribution in [0.5, 0.6) is 0 Å². The van der Waals surface area contributed by atoms with Gasteiger partial charge < -0.3 is 0 Å². The highest BCUT2D eigenvalue weighted by Gasteiger charge is 2.10. The summed E-state index contributed by atoms with van der Waals surface area (Å²) in [7, 11) is 6.05. The predicted octanol–water partition coefficient (Wildman–Crippen LogP) is 3.86. The molecular formula is C6H2Cl2F2S. The average molecular weight is 215 g/mol. The summed E-state index contributed by atoms with van der Waals surface area (Å²) in [5.74, 6) is -2.03. The summed E-state index contributed by atoms with van der Waals surface area (Å²) in [4.78, 5) is 0.312. The van der Waals surface area contributed by atoms with Gasteiger partial charge in [-0.05, 0) is 33.8 Å². The Morgan fingerprint density at radius 2 is 1.91 bits per heavy atom. The van der Waals surface area contributed by atoms with E-state index in [1.807, 2.05) is 0 Å². The third-order valence-electron chi connectivity index (χ3n) is 1.08. The Morgan fingerprint density at radius 1 is 1.27 bits per heavy atom. The van der Waals surface area contributed by atoms with E-state index in [2.05, 4.69) is 0 Å². The number of hydrogen-bond acceptors (Lipinski definition) is 1. The minimum atomic E-state index is -1.06. The van der Waals surface area contributed by atoms with E-state index >= 15 is 0 Å². The van der Waals surface area contributed by atoms with Crippen molar-refractivity contribution in [2.45, 2.75) is 4.90 Å². The molecule has 0 radical (unpaired) electrons. The van der Waals surface area contributed by atoms with Gasteiger partial charge in [-0.25, -0.2) is 8.78 Å². The van der Waals surface area contributed by atoms with Crippen molar-refractivity contribution in [1.29, 1.82) is 0 Å². The average Bonchev–Trinajstić information content (AvgIpc) is 2.01. The Labute approximate surface area is 76.0 Å². The lowest BCUT2D eigenvalue weighted by Gasteiger charge is -1.99. The normalized spacial score (nSPS) is 10.2. The largest absolute Gasteiger partial charge is 0.204 e. The fraction of sp³-hybridized carbons (Fsp3) is 0. The predicted molar refractivity (Wildman–Crippen MR) is 43.1 cm³/mol. The van der Waals surface area contributed by atoms with E-state index in [-0.39, 0.29) is 5.02 Å². The van der Waals surface area contributed by atoms with E-state index < -0.39 is 11.6 Å². The Hall–Kier alpha value is 0.01000. The molecule has 60 valence electrons. The summed E-state index contributed by atoms with van der Waals surface area (Å²) < 4.78 is 25.0. The first kappa shape index (κ1) is 9.10. The van der Waals surface area contributed by atoms with Crippen molar-refractivity contribution in [3.05, 3.63) is 28.8 Å². The quantitative estimate of drug-likeness (QED) is 0.641. The SMILES string of the molecule is Fc1ccc(SCl)c(Cl)c1F. The topological polar surface area (TPSA) is 0 Å². The van der Waals surface area contributed by atoms with Crippen molar-refractivity contribution in [3.63, 3.8) is 0 Å². The third-order valence-corrected chi connectivity index (χ3v) is 2.57. The molecule has 0 unspecified atom stereocenters. The zero-order valence-electron chi connectivity index (χ0n) is 5.07. The first-order valence-corrected chi connectivity index (χ1v) is 4.61. The molecule has 0 fully saturated rings. The molecule has 0 atom stereocenters. The molecule has 0 aromatic heterocycles. The fourth-order valence-corrected chi connectivity index (χ4v) is 1.62. The maximum atomic E-state index is 12.6. The zero-order chi connectivity index (χ0) is 8.43. The van der Waals surface area contributed by atoms with Gasteiger partial charge in [-0.15, -0.1) is 0 Å². The molecule has 11 heavy (non-hydrogen) atoms. The second-order valence-corrected chi connectivity index (χ2v) is 3.19. The van der Waals surface area contributed by atoms with Gasteiger partial charge in [0.05, 0.1) is 5.02 Å². The summed E-state index contributed by atoms with van der Waals surface area (Å²) in [5, 5.41) is -0.273. The van der Waals surface area contributed by atoms with Gasteiger partial charge >= 0.3 is 0 Å². The van der Waals surface area contributed by atoms with Crippen molar-refractivity contribution in [2.75, 3.05) is 0 Å². The number of benzene rings is 1. The van der Waals surface area contributed by atoms with Gasteiger partial charge in [0.2, 0.25) is 0 Å². The van der Waals surface area contributed by atoms with Gasteiger partial charge in [0.25, 0.3) is 0 Å². The monoisotopic (exact) mass is 214 g/mol. The molecule has 1 aromatic carbocycles. The smallest absolute Gasteiger partial charge is 0.178 e. The van der Waals surface area contributed by atoms with Gasteiger partial charge in [-0.1, -0.05) is 11.6 Å². The summed E-state index contributed by atoms with van der Waals surface area (Å²) in [5.41, 5.74) is 0. The van der Waals surface area contributed by atoms with Crippen molar-refractivity contribution < 1.29 is 8.78 Å². The number of halogens is 4. The standard InChI is InChI=1S/C6H2Cl2F2S/c7-5-4(11-8)2-1-3(9)6(5)10/h1-2H. The van der Waals surface area contributed by atoms with Crippen LogP contribution in [0.2, 0.25) is 5.02 Å². The molecule has 0 aliphatic heterocycles. The zero-order valence-corrected chi connectivity index (χ0v) is 7.40. The van der Waals surface area contributed by atoms with E-state index in [9.17, 15) is 8.78 Å². The van der Waals surface area contributed by atoms with E-state index in [0.717, 1.165) is 17.0 Å². The summed E-state index contributed by atoms with van der Waals surface area (Å²) in [6, 6.07) is 2.30. The molecule has 0 nitrogen and oxygen atoms in total. The molecule has 0 heterocycles. The molecule has 0 saturated heterocycles. The molecule has 0 aliphatic rings. The van der Waals surface area contributed by atoms with Crippen LogP contribution >= 0.6 is 33.3 Å². The van der Waals surface area contributed by atoms with Crippen LogP contribution in [0, 0.1) is 11.6 Å².